The van der Waals surface area contributed by atoms with E-state index in [1.54, 1.807) is 7.05 Å². The van der Waals surface area contributed by atoms with Crippen LogP contribution in [0.3, 0.4) is 0 Å². The van der Waals surface area contributed by atoms with Crippen LogP contribution in [0.25, 0.3) is 11.1 Å². The molecule has 10 heteroatoms. The van der Waals surface area contributed by atoms with Crippen LogP contribution in [0.15, 0.2) is 54.7 Å². The molecular weight excluding hydrogens is 468 g/mol. The van der Waals surface area contributed by atoms with E-state index in [0.29, 0.717) is 5.75 Å². The van der Waals surface area contributed by atoms with Gasteiger partial charge in [0.1, 0.15) is 12.6 Å². The molecule has 0 fully saturated rings. The molecule has 1 heterocycles. The summed E-state index contributed by atoms with van der Waals surface area (Å²) in [5.74, 6) is -1.34. The third kappa shape index (κ3) is 5.32. The first-order valence-corrected chi connectivity index (χ1v) is 12.5. The number of rotatable bonds is 9. The van der Waals surface area contributed by atoms with Gasteiger partial charge in [-0.1, -0.05) is 48.5 Å². The molecule has 1 aliphatic carbocycles. The summed E-state index contributed by atoms with van der Waals surface area (Å²) in [7, 11) is 1.60. The van der Waals surface area contributed by atoms with Crippen molar-refractivity contribution in [3.63, 3.8) is 0 Å². The van der Waals surface area contributed by atoms with Crippen molar-refractivity contribution in [2.45, 2.75) is 18.4 Å². The van der Waals surface area contributed by atoms with Crippen molar-refractivity contribution in [2.24, 2.45) is 7.05 Å². The van der Waals surface area contributed by atoms with Gasteiger partial charge in [0.05, 0.1) is 5.69 Å². The van der Waals surface area contributed by atoms with Crippen LogP contribution in [0, 0.1) is 0 Å². The first-order chi connectivity index (χ1) is 16.9. The molecule has 35 heavy (non-hydrogen) atoms. The Hall–Kier alpha value is -3.79. The van der Waals surface area contributed by atoms with Crippen LogP contribution >= 0.6 is 11.8 Å². The molecular formula is C25H26N4O5S. The number of aliphatic carboxylic acids is 1. The molecule has 0 saturated heterocycles. The van der Waals surface area contributed by atoms with E-state index in [1.807, 2.05) is 42.7 Å². The normalized spacial score (nSPS) is 13.0. The molecule has 4 rings (SSSR count). The molecule has 2 amide bonds. The fourth-order valence-corrected chi connectivity index (χ4v) is 4.68. The number of thioether (sulfide) groups is 1. The maximum atomic E-state index is 12.7. The Morgan fingerprint density at radius 2 is 1.74 bits per heavy atom. The molecule has 1 aliphatic rings. The maximum absolute atomic E-state index is 12.7. The zero-order valence-corrected chi connectivity index (χ0v) is 20.2. The summed E-state index contributed by atoms with van der Waals surface area (Å²) in [4.78, 5) is 36.9. The number of carbonyl (C=O) groups is 3. The Morgan fingerprint density at radius 1 is 1.11 bits per heavy atom. The lowest BCUT2D eigenvalue weighted by atomic mass is 9.98. The molecule has 2 aromatic carbocycles. The molecule has 3 aromatic rings. The SMILES string of the molecule is CSCC[C@H](NC(=O)c1nn(C)cc1NC(=O)OCC1c2ccccc2-c2ccccc21)C(=O)O. The Balaban J connectivity index is 1.43. The van der Waals surface area contributed by atoms with E-state index < -0.39 is 24.0 Å². The summed E-state index contributed by atoms with van der Waals surface area (Å²) in [5, 5.41) is 18.5. The van der Waals surface area contributed by atoms with Crippen molar-refractivity contribution in [2.75, 3.05) is 23.9 Å². The number of fused-ring (bicyclic) bond motifs is 3. The predicted octanol–water partition coefficient (Wildman–Crippen LogP) is 3.72. The number of aromatic nitrogens is 2. The number of ether oxygens (including phenoxy) is 1. The van der Waals surface area contributed by atoms with Gasteiger partial charge in [0, 0.05) is 19.2 Å². The molecule has 3 N–H and O–H groups in total. The van der Waals surface area contributed by atoms with Gasteiger partial charge in [0.25, 0.3) is 5.91 Å². The second kappa shape index (κ2) is 10.6. The maximum Gasteiger partial charge on any atom is 0.411 e. The summed E-state index contributed by atoms with van der Waals surface area (Å²) in [6.07, 6.45) is 2.86. The molecule has 0 spiro atoms. The second-order valence-electron chi connectivity index (χ2n) is 8.16. The lowest BCUT2D eigenvalue weighted by Crippen LogP contribution is -2.41. The third-order valence-corrected chi connectivity index (χ3v) is 6.48. The van der Waals surface area contributed by atoms with E-state index in [9.17, 15) is 19.5 Å². The minimum Gasteiger partial charge on any atom is -0.480 e. The molecule has 0 unspecified atom stereocenters. The van der Waals surface area contributed by atoms with Gasteiger partial charge in [0.15, 0.2) is 5.69 Å². The number of benzene rings is 2. The summed E-state index contributed by atoms with van der Waals surface area (Å²) < 4.78 is 6.91. The van der Waals surface area contributed by atoms with Crippen molar-refractivity contribution in [3.05, 3.63) is 71.5 Å². The highest BCUT2D eigenvalue weighted by atomic mass is 32.2. The standard InChI is InChI=1S/C25H26N4O5S/c1-29-13-21(22(28-29)23(30)26-20(24(31)32)11-12-35-2)27-25(33)34-14-19-17-9-5-3-7-15(17)16-8-4-6-10-18(16)19/h3-10,13,19-20H,11-12,14H2,1-2H3,(H,26,30)(H,27,33)(H,31,32)/t20-/m0/s1. The van der Waals surface area contributed by atoms with Gasteiger partial charge in [-0.25, -0.2) is 9.59 Å². The average Bonchev–Trinajstić information content (AvgIpc) is 3.37. The van der Waals surface area contributed by atoms with Crippen LogP contribution < -0.4 is 10.6 Å². The first kappa shape index (κ1) is 24.3. The van der Waals surface area contributed by atoms with Gasteiger partial charge >= 0.3 is 12.1 Å². The number of nitrogens with zero attached hydrogens (tertiary/aromatic N) is 2. The van der Waals surface area contributed by atoms with Crippen molar-refractivity contribution < 1.29 is 24.2 Å². The van der Waals surface area contributed by atoms with E-state index in [0.717, 1.165) is 22.3 Å². The molecule has 0 radical (unpaired) electrons. The average molecular weight is 495 g/mol. The molecule has 1 aromatic heterocycles. The summed E-state index contributed by atoms with van der Waals surface area (Å²) in [5.41, 5.74) is 4.48. The molecule has 0 saturated carbocycles. The summed E-state index contributed by atoms with van der Waals surface area (Å²) >= 11 is 1.49. The lowest BCUT2D eigenvalue weighted by Gasteiger charge is -2.15. The van der Waals surface area contributed by atoms with Crippen molar-refractivity contribution in [1.29, 1.82) is 0 Å². The van der Waals surface area contributed by atoms with Gasteiger partial charge in [0.2, 0.25) is 0 Å². The monoisotopic (exact) mass is 494 g/mol. The van der Waals surface area contributed by atoms with Crippen molar-refractivity contribution in [3.8, 4) is 11.1 Å². The minimum atomic E-state index is -1.13. The lowest BCUT2D eigenvalue weighted by molar-refractivity contribution is -0.139. The number of carboxylic acids is 1. The number of aryl methyl sites for hydroxylation is 1. The van der Waals surface area contributed by atoms with Crippen LogP contribution in [0.2, 0.25) is 0 Å². The Kier molecular flexibility index (Phi) is 7.40. The number of amides is 2. The van der Waals surface area contributed by atoms with Crippen LogP contribution in [0.5, 0.6) is 0 Å². The van der Waals surface area contributed by atoms with Gasteiger partial charge in [-0.2, -0.15) is 16.9 Å². The quantitative estimate of drug-likeness (QED) is 0.414. The van der Waals surface area contributed by atoms with Gasteiger partial charge < -0.3 is 15.2 Å². The van der Waals surface area contributed by atoms with Crippen LogP contribution in [0.1, 0.15) is 34.0 Å². The summed E-state index contributed by atoms with van der Waals surface area (Å²) in [6, 6.07) is 15.0. The number of carbonyl (C=O) groups excluding carboxylic acids is 2. The predicted molar refractivity (Wildman–Crippen MR) is 134 cm³/mol. The van der Waals surface area contributed by atoms with Gasteiger partial charge in [-0.05, 0) is 40.7 Å². The van der Waals surface area contributed by atoms with E-state index in [-0.39, 0.29) is 30.3 Å². The highest BCUT2D eigenvalue weighted by Gasteiger charge is 2.29. The van der Waals surface area contributed by atoms with E-state index >= 15 is 0 Å². The van der Waals surface area contributed by atoms with Crippen LogP contribution in [0.4, 0.5) is 10.5 Å². The Morgan fingerprint density at radius 3 is 2.34 bits per heavy atom. The second-order valence-corrected chi connectivity index (χ2v) is 9.15. The minimum absolute atomic E-state index is 0.0867. The highest BCUT2D eigenvalue weighted by molar-refractivity contribution is 7.98. The molecule has 0 aliphatic heterocycles. The molecule has 182 valence electrons. The molecule has 9 nitrogen and oxygen atoms in total. The van der Waals surface area contributed by atoms with E-state index in [2.05, 4.69) is 27.9 Å². The van der Waals surface area contributed by atoms with Gasteiger partial charge in [-0.15, -0.1) is 0 Å². The first-order valence-electron chi connectivity index (χ1n) is 11.1. The number of anilines is 1. The topological polar surface area (TPSA) is 123 Å². The summed E-state index contributed by atoms with van der Waals surface area (Å²) in [6.45, 7) is 0.122. The zero-order chi connectivity index (χ0) is 24.9. The molecule has 0 bridgehead atoms. The smallest absolute Gasteiger partial charge is 0.411 e. The Bertz CT molecular complexity index is 1210. The van der Waals surface area contributed by atoms with Gasteiger partial charge in [-0.3, -0.25) is 14.8 Å². The zero-order valence-electron chi connectivity index (χ0n) is 19.4. The molecule has 1 atom stereocenters. The van der Waals surface area contributed by atoms with Crippen molar-refractivity contribution >= 4 is 35.4 Å². The fourth-order valence-electron chi connectivity index (χ4n) is 4.21. The number of hydrogen-bond acceptors (Lipinski definition) is 6. The van der Waals surface area contributed by atoms with E-state index in [1.165, 1.54) is 22.6 Å². The Labute approximate surface area is 206 Å². The van der Waals surface area contributed by atoms with Crippen LogP contribution in [-0.4, -0.2) is 57.5 Å². The number of hydrogen-bond donors (Lipinski definition) is 3. The highest BCUT2D eigenvalue weighted by Crippen LogP contribution is 2.44. The largest absolute Gasteiger partial charge is 0.480 e. The number of carboxylic acid groups (broad SMARTS) is 1. The van der Waals surface area contributed by atoms with Crippen molar-refractivity contribution in [1.82, 2.24) is 15.1 Å². The number of nitrogens with one attached hydrogen (secondary N) is 2. The third-order valence-electron chi connectivity index (χ3n) is 5.84. The van der Waals surface area contributed by atoms with E-state index in [4.69, 9.17) is 4.74 Å². The van der Waals surface area contributed by atoms with Crippen LogP contribution in [-0.2, 0) is 16.6 Å². The fraction of sp³-hybridized carbons (Fsp3) is 0.280.